The number of aromatic nitrogens is 2. The van der Waals surface area contributed by atoms with Crippen LogP contribution in [0.2, 0.25) is 0 Å². The average Bonchev–Trinajstić information content (AvgIpc) is 2.74. The minimum absolute atomic E-state index is 0.194. The Morgan fingerprint density at radius 1 is 1.19 bits per heavy atom. The van der Waals surface area contributed by atoms with Crippen molar-refractivity contribution >= 4 is 116 Å². The van der Waals surface area contributed by atoms with Crippen molar-refractivity contribution in [2.24, 2.45) is 5.73 Å². The summed E-state index contributed by atoms with van der Waals surface area (Å²) < 4.78 is 9.54. The Morgan fingerprint density at radius 2 is 1.90 bits per heavy atom. The molecule has 0 aliphatic rings. The number of halogens is 1. The molecule has 0 aliphatic heterocycles. The van der Waals surface area contributed by atoms with Crippen molar-refractivity contribution in [3.63, 3.8) is 0 Å². The number of hydrogen-bond donors (Lipinski definition) is 3. The van der Waals surface area contributed by atoms with Crippen LogP contribution in [0.4, 0.5) is 11.4 Å². The first-order chi connectivity index (χ1) is 14.8. The number of hydrogen-bond acceptors (Lipinski definition) is 6. The van der Waals surface area contributed by atoms with E-state index in [9.17, 15) is 4.79 Å². The zero-order valence-corrected chi connectivity index (χ0v) is 30.7. The van der Waals surface area contributed by atoms with E-state index in [4.69, 9.17) is 32.8 Å². The van der Waals surface area contributed by atoms with Crippen molar-refractivity contribution in [1.29, 1.82) is 0 Å². The maximum atomic E-state index is 13.1. The van der Waals surface area contributed by atoms with E-state index in [1.807, 2.05) is 6.07 Å². The van der Waals surface area contributed by atoms with Crippen LogP contribution in [0, 0.1) is 0 Å². The molecule has 1 amide bonds. The second-order valence-corrected chi connectivity index (χ2v) is 14.2. The number of amides is 1. The first-order valence-electron chi connectivity index (χ1n) is 9.24. The van der Waals surface area contributed by atoms with Gasteiger partial charge in [0, 0.05) is 0 Å². The van der Waals surface area contributed by atoms with Gasteiger partial charge in [0.15, 0.2) is 0 Å². The molecule has 0 spiro atoms. The van der Waals surface area contributed by atoms with Crippen molar-refractivity contribution < 1.29 is 9.53 Å². The molecule has 1 aromatic carbocycles. The van der Waals surface area contributed by atoms with E-state index < -0.39 is 5.91 Å². The van der Waals surface area contributed by atoms with Gasteiger partial charge in [0.1, 0.15) is 0 Å². The molecule has 0 saturated carbocycles. The van der Waals surface area contributed by atoms with Gasteiger partial charge in [-0.25, -0.2) is 0 Å². The standard InChI is InChI=1S/C20H17ClN5O2.3Tl/c21-10-14(11-22)28-18-8-9-24-12-17(18)26-20(27)19-15(23)6-7-16(25-19)13-4-2-1-3-5-13;;;/h1-3,6,8-9,12,14H,10-11,22-23H2,(H,26,27);;;. The van der Waals surface area contributed by atoms with Gasteiger partial charge in [-0.15, -0.1) is 0 Å². The average molecular weight is 1010 g/mol. The van der Waals surface area contributed by atoms with Crippen LogP contribution in [0.15, 0.2) is 42.7 Å². The number of carbonyl (C=O) groups excluding carboxylic acids is 1. The topological polar surface area (TPSA) is 116 Å². The molecule has 0 aliphatic carbocycles. The molecule has 5 N–H and O–H groups in total. The molecule has 11 heteroatoms. The zero-order valence-electron chi connectivity index (χ0n) is 16.5. The summed E-state index contributed by atoms with van der Waals surface area (Å²) in [5.41, 5.74) is 14.9. The van der Waals surface area contributed by atoms with Gasteiger partial charge in [0.05, 0.1) is 0 Å². The molecule has 3 aromatic rings. The number of benzene rings is 1. The molecule has 31 heavy (non-hydrogen) atoms. The van der Waals surface area contributed by atoms with Gasteiger partial charge in [0.2, 0.25) is 0 Å². The Kier molecular flexibility index (Phi) is 9.48. The van der Waals surface area contributed by atoms with E-state index in [1.54, 1.807) is 12.3 Å². The quantitative estimate of drug-likeness (QED) is 0.214. The zero-order chi connectivity index (χ0) is 22.5. The monoisotopic (exact) mass is 1010 g/mol. The maximum absolute atomic E-state index is 13.1. The predicted molar refractivity (Wildman–Crippen MR) is 127 cm³/mol. The normalized spacial score (nSPS) is 11.6. The molecule has 1 atom stereocenters. The second-order valence-electron chi connectivity index (χ2n) is 6.63. The van der Waals surface area contributed by atoms with Gasteiger partial charge < -0.3 is 0 Å². The Bertz CT molecular complexity index is 1090. The van der Waals surface area contributed by atoms with Gasteiger partial charge in [-0.05, 0) is 0 Å². The summed E-state index contributed by atoms with van der Waals surface area (Å²) in [5, 5.41) is 2.83. The van der Waals surface area contributed by atoms with E-state index in [-0.39, 0.29) is 24.2 Å². The van der Waals surface area contributed by atoms with Gasteiger partial charge >= 0.3 is 236 Å². The molecule has 2 aromatic heterocycles. The third kappa shape index (κ3) is 6.14. The summed E-state index contributed by atoms with van der Waals surface area (Å²) in [6, 6.07) is 9.90. The molecule has 3 rings (SSSR count). The third-order valence-electron chi connectivity index (χ3n) is 4.42. The number of nitrogens with one attached hydrogen (secondary N) is 1. The Balaban J connectivity index is 1.97. The second kappa shape index (κ2) is 11.6. The van der Waals surface area contributed by atoms with Crippen LogP contribution >= 0.6 is 11.6 Å². The van der Waals surface area contributed by atoms with Crippen LogP contribution in [-0.2, 0) is 0 Å². The number of carbonyl (C=O) groups is 1. The van der Waals surface area contributed by atoms with Gasteiger partial charge in [-0.2, -0.15) is 0 Å². The van der Waals surface area contributed by atoms with Crippen molar-refractivity contribution in [3.05, 3.63) is 48.4 Å². The fraction of sp³-hybridized carbons (Fsp3) is 0.150. The minimum atomic E-state index is -0.414. The summed E-state index contributed by atoms with van der Waals surface area (Å²) in [7, 11) is 0. The van der Waals surface area contributed by atoms with E-state index in [1.165, 1.54) is 18.0 Å². The van der Waals surface area contributed by atoms with Crippen molar-refractivity contribution in [2.45, 2.75) is 6.10 Å². The molecule has 2 heterocycles. The Labute approximate surface area is 233 Å². The van der Waals surface area contributed by atoms with E-state index in [0.29, 0.717) is 94.4 Å². The third-order valence-corrected chi connectivity index (χ3v) is 10.2. The number of alkyl halides is 1. The molecule has 0 saturated heterocycles. The Hall–Kier alpha value is -0.394. The first kappa shape index (κ1) is 25.2. The summed E-state index contributed by atoms with van der Waals surface area (Å²) in [6.45, 7) is 0.253. The van der Waals surface area contributed by atoms with Crippen molar-refractivity contribution in [1.82, 2.24) is 9.97 Å². The molecular weight excluding hydrogens is 991 g/mol. The number of ether oxygens (including phenoxy) is 1. The summed E-state index contributed by atoms with van der Waals surface area (Å²) in [5.74, 6) is 0.256. The molecule has 0 bridgehead atoms. The van der Waals surface area contributed by atoms with Crippen LogP contribution in [0.5, 0.6) is 5.75 Å². The fourth-order valence-corrected chi connectivity index (χ4v) is 10.3. The van der Waals surface area contributed by atoms with E-state index in [2.05, 4.69) is 28.5 Å². The van der Waals surface area contributed by atoms with Gasteiger partial charge in [-0.3, -0.25) is 0 Å². The van der Waals surface area contributed by atoms with E-state index >= 15 is 0 Å². The Morgan fingerprint density at radius 3 is 2.55 bits per heavy atom. The molecule has 150 valence electrons. The number of rotatable bonds is 7. The number of anilines is 2. The number of pyridine rings is 2. The molecule has 7 nitrogen and oxygen atoms in total. The van der Waals surface area contributed by atoms with Crippen LogP contribution in [-0.4, -0.2) is 112 Å². The van der Waals surface area contributed by atoms with Gasteiger partial charge in [-0.1, -0.05) is 0 Å². The van der Waals surface area contributed by atoms with Crippen LogP contribution in [0.1, 0.15) is 10.5 Å². The molecule has 0 fully saturated rings. The number of nitrogens with two attached hydrogens (primary N) is 2. The fourth-order valence-electron chi connectivity index (χ4n) is 2.87. The van der Waals surface area contributed by atoms with Crippen LogP contribution in [0.3, 0.4) is 0 Å². The first-order valence-corrected chi connectivity index (χ1v) is 16.5. The van der Waals surface area contributed by atoms with Gasteiger partial charge in [0.25, 0.3) is 0 Å². The van der Waals surface area contributed by atoms with E-state index in [0.717, 1.165) is 8.82 Å². The van der Waals surface area contributed by atoms with Crippen LogP contribution in [0.25, 0.3) is 11.3 Å². The number of nitrogens with zero attached hydrogens (tertiary/aromatic N) is 2. The molecule has 1 unspecified atom stereocenters. The molecular formula is C20H17ClN5O2Tl3. The predicted octanol–water partition coefficient (Wildman–Crippen LogP) is -0.696. The van der Waals surface area contributed by atoms with Crippen molar-refractivity contribution in [3.8, 4) is 17.0 Å². The number of nitrogen functional groups attached to an aromatic ring is 1. The van der Waals surface area contributed by atoms with Crippen LogP contribution < -0.4 is 30.9 Å². The summed E-state index contributed by atoms with van der Waals surface area (Å²) >= 11 is 7.78. The molecule has 0 radical (unpaired) electrons. The SMILES string of the molecule is NCC(CCl)Oc1ccncc1NC(=O)c1nc(-c2[c]([Tl])ccc[c]2[Tl])[c]([Tl])cc1N. The summed E-state index contributed by atoms with van der Waals surface area (Å²) in [4.78, 5) is 21.9. The van der Waals surface area contributed by atoms with Crippen molar-refractivity contribution in [2.75, 3.05) is 23.5 Å². The summed E-state index contributed by atoms with van der Waals surface area (Å²) in [6.07, 6.45) is 2.71.